The van der Waals surface area contributed by atoms with Gasteiger partial charge in [0.2, 0.25) is 11.8 Å². The molecule has 3 N–H and O–H groups in total. The number of rotatable bonds is 5. The van der Waals surface area contributed by atoms with Crippen LogP contribution in [0.3, 0.4) is 0 Å². The highest BCUT2D eigenvalue weighted by molar-refractivity contribution is 5.98. The molecule has 0 aromatic carbocycles. The molecule has 1 aliphatic rings. The Morgan fingerprint density at radius 2 is 2.30 bits per heavy atom. The summed E-state index contributed by atoms with van der Waals surface area (Å²) >= 11 is 0. The van der Waals surface area contributed by atoms with Gasteiger partial charge < -0.3 is 15.1 Å². The average molecular weight is 279 g/mol. The molecule has 0 bridgehead atoms. The fraction of sp³-hybridized carbons (Fsp3) is 0.462. The predicted molar refractivity (Wildman–Crippen MR) is 69.7 cm³/mol. The van der Waals surface area contributed by atoms with Crippen LogP contribution >= 0.6 is 0 Å². The molecule has 1 aliphatic heterocycles. The van der Waals surface area contributed by atoms with E-state index in [9.17, 15) is 14.4 Å². The van der Waals surface area contributed by atoms with Gasteiger partial charge in [-0.15, -0.1) is 0 Å². The minimum atomic E-state index is -0.662. The van der Waals surface area contributed by atoms with Crippen LogP contribution < -0.4 is 16.0 Å². The number of aryl methyl sites for hydroxylation is 1. The summed E-state index contributed by atoms with van der Waals surface area (Å²) in [5.41, 5.74) is 0. The van der Waals surface area contributed by atoms with Crippen molar-refractivity contribution in [1.82, 2.24) is 16.0 Å². The van der Waals surface area contributed by atoms with Crippen LogP contribution in [0.25, 0.3) is 0 Å². The highest BCUT2D eigenvalue weighted by Gasteiger charge is 2.25. The van der Waals surface area contributed by atoms with Gasteiger partial charge in [-0.2, -0.15) is 0 Å². The van der Waals surface area contributed by atoms with Crippen molar-refractivity contribution >= 4 is 17.8 Å². The maximum atomic E-state index is 11.9. The Morgan fingerprint density at radius 1 is 1.45 bits per heavy atom. The highest BCUT2D eigenvalue weighted by atomic mass is 16.3. The number of urea groups is 1. The van der Waals surface area contributed by atoms with Crippen molar-refractivity contribution in [3.63, 3.8) is 0 Å². The average Bonchev–Trinajstić information content (AvgIpc) is 2.86. The van der Waals surface area contributed by atoms with Crippen LogP contribution in [0, 0.1) is 0 Å². The lowest BCUT2D eigenvalue weighted by Gasteiger charge is -2.14. The van der Waals surface area contributed by atoms with Crippen molar-refractivity contribution in [2.24, 2.45) is 0 Å². The van der Waals surface area contributed by atoms with Gasteiger partial charge in [-0.3, -0.25) is 14.9 Å². The molecule has 108 valence electrons. The molecule has 0 aliphatic carbocycles. The first-order valence-electron chi connectivity index (χ1n) is 6.55. The second kappa shape index (κ2) is 6.74. The minimum absolute atomic E-state index is 0.156. The van der Waals surface area contributed by atoms with E-state index >= 15 is 0 Å². The van der Waals surface area contributed by atoms with E-state index in [1.54, 1.807) is 6.26 Å². The number of carbonyl (C=O) groups excluding carboxylic acids is 3. The van der Waals surface area contributed by atoms with Gasteiger partial charge in [0.05, 0.1) is 6.26 Å². The first-order valence-corrected chi connectivity index (χ1v) is 6.55. The van der Waals surface area contributed by atoms with Gasteiger partial charge in [-0.1, -0.05) is 0 Å². The Morgan fingerprint density at radius 3 is 3.05 bits per heavy atom. The molecule has 1 saturated heterocycles. The van der Waals surface area contributed by atoms with Crippen LogP contribution in [0.1, 0.15) is 25.0 Å². The molecule has 0 radical (unpaired) electrons. The number of nitrogens with one attached hydrogen (secondary N) is 3. The summed E-state index contributed by atoms with van der Waals surface area (Å²) in [6.07, 6.45) is 3.56. The summed E-state index contributed by atoms with van der Waals surface area (Å²) < 4.78 is 5.18. The van der Waals surface area contributed by atoms with E-state index in [0.29, 0.717) is 13.0 Å². The van der Waals surface area contributed by atoms with Crippen LogP contribution in [0.2, 0.25) is 0 Å². The minimum Gasteiger partial charge on any atom is -0.469 e. The molecular weight excluding hydrogens is 262 g/mol. The summed E-state index contributed by atoms with van der Waals surface area (Å²) in [6.45, 7) is 0.493. The standard InChI is InChI=1S/C13H17N3O4/c17-11-6-5-10(15-13(19)16-11)12(18)14-7-1-3-9-4-2-8-20-9/h2,4,8,10H,1,3,5-7H2,(H,14,18)(H2,15,16,17,19)/t10-/m0/s1. The number of amides is 4. The molecule has 0 unspecified atom stereocenters. The zero-order valence-electron chi connectivity index (χ0n) is 11.0. The number of furan rings is 1. The summed E-state index contributed by atoms with van der Waals surface area (Å²) in [5.74, 6) is 0.238. The molecule has 2 rings (SSSR count). The first kappa shape index (κ1) is 14.1. The van der Waals surface area contributed by atoms with Crippen LogP contribution in [-0.4, -0.2) is 30.4 Å². The van der Waals surface area contributed by atoms with Crippen LogP contribution in [-0.2, 0) is 16.0 Å². The lowest BCUT2D eigenvalue weighted by Crippen LogP contribution is -2.48. The van der Waals surface area contributed by atoms with Gasteiger partial charge >= 0.3 is 6.03 Å². The fourth-order valence-electron chi connectivity index (χ4n) is 1.98. The van der Waals surface area contributed by atoms with Crippen molar-refractivity contribution in [2.45, 2.75) is 31.7 Å². The van der Waals surface area contributed by atoms with Gasteiger partial charge in [0.15, 0.2) is 0 Å². The smallest absolute Gasteiger partial charge is 0.322 e. The number of imide groups is 1. The van der Waals surface area contributed by atoms with Crippen LogP contribution in [0.15, 0.2) is 22.8 Å². The lowest BCUT2D eigenvalue weighted by molar-refractivity contribution is -0.123. The van der Waals surface area contributed by atoms with E-state index in [1.807, 2.05) is 12.1 Å². The van der Waals surface area contributed by atoms with E-state index in [4.69, 9.17) is 4.42 Å². The zero-order chi connectivity index (χ0) is 14.4. The zero-order valence-corrected chi connectivity index (χ0v) is 11.0. The normalized spacial score (nSPS) is 18.9. The monoisotopic (exact) mass is 279 g/mol. The summed E-state index contributed by atoms with van der Waals surface area (Å²) in [4.78, 5) is 34.3. The summed E-state index contributed by atoms with van der Waals surface area (Å²) in [5, 5.41) is 7.34. The van der Waals surface area contributed by atoms with Crippen LogP contribution in [0.5, 0.6) is 0 Å². The number of hydrogen-bond acceptors (Lipinski definition) is 4. The molecule has 0 spiro atoms. The van der Waals surface area contributed by atoms with Crippen LogP contribution in [0.4, 0.5) is 4.79 Å². The topological polar surface area (TPSA) is 100 Å². The molecule has 7 heteroatoms. The van der Waals surface area contributed by atoms with Gasteiger partial charge in [0, 0.05) is 19.4 Å². The van der Waals surface area contributed by atoms with E-state index < -0.39 is 12.1 Å². The van der Waals surface area contributed by atoms with E-state index in [1.165, 1.54) is 0 Å². The summed E-state index contributed by atoms with van der Waals surface area (Å²) in [7, 11) is 0. The number of hydrogen-bond donors (Lipinski definition) is 3. The predicted octanol–water partition coefficient (Wildman–Crippen LogP) is 0.317. The SMILES string of the molecule is O=C1CC[C@@H](C(=O)NCCCc2ccco2)NC(=O)N1. The third kappa shape index (κ3) is 4.11. The van der Waals surface area contributed by atoms with E-state index in [-0.39, 0.29) is 18.2 Å². The molecule has 7 nitrogen and oxygen atoms in total. The molecule has 20 heavy (non-hydrogen) atoms. The fourth-order valence-corrected chi connectivity index (χ4v) is 1.98. The molecule has 2 heterocycles. The van der Waals surface area contributed by atoms with Gasteiger partial charge in [0.1, 0.15) is 11.8 Å². The van der Waals surface area contributed by atoms with E-state index in [0.717, 1.165) is 18.6 Å². The molecule has 1 fully saturated rings. The van der Waals surface area contributed by atoms with Gasteiger partial charge in [-0.25, -0.2) is 4.79 Å². The van der Waals surface area contributed by atoms with Crippen molar-refractivity contribution in [3.8, 4) is 0 Å². The molecular formula is C13H17N3O4. The lowest BCUT2D eigenvalue weighted by atomic mass is 10.1. The van der Waals surface area contributed by atoms with Gasteiger partial charge in [0.25, 0.3) is 0 Å². The maximum Gasteiger partial charge on any atom is 0.322 e. The second-order valence-corrected chi connectivity index (χ2v) is 4.59. The van der Waals surface area contributed by atoms with Crippen molar-refractivity contribution in [1.29, 1.82) is 0 Å². The molecule has 1 atom stereocenters. The number of carbonyl (C=O) groups is 3. The second-order valence-electron chi connectivity index (χ2n) is 4.59. The molecule has 1 aromatic heterocycles. The van der Waals surface area contributed by atoms with Crippen molar-refractivity contribution < 1.29 is 18.8 Å². The Bertz CT molecular complexity index is 484. The largest absolute Gasteiger partial charge is 0.469 e. The Balaban J connectivity index is 1.71. The Labute approximate surface area is 116 Å². The Kier molecular flexibility index (Phi) is 4.75. The Hall–Kier alpha value is -2.31. The van der Waals surface area contributed by atoms with Crippen molar-refractivity contribution in [3.05, 3.63) is 24.2 Å². The molecule has 1 aromatic rings. The van der Waals surface area contributed by atoms with Crippen molar-refractivity contribution in [2.75, 3.05) is 6.54 Å². The molecule has 0 saturated carbocycles. The highest BCUT2D eigenvalue weighted by Crippen LogP contribution is 2.04. The van der Waals surface area contributed by atoms with E-state index in [2.05, 4.69) is 16.0 Å². The first-order chi connectivity index (χ1) is 9.65. The third-order valence-corrected chi connectivity index (χ3v) is 3.01. The quantitative estimate of drug-likeness (QED) is 0.675. The molecule has 4 amide bonds. The third-order valence-electron chi connectivity index (χ3n) is 3.01. The summed E-state index contributed by atoms with van der Waals surface area (Å²) in [6, 6.07) is 2.41. The maximum absolute atomic E-state index is 11.9. The van der Waals surface area contributed by atoms with Gasteiger partial charge in [-0.05, 0) is 25.0 Å².